The maximum atomic E-state index is 12.3. The van der Waals surface area contributed by atoms with Crippen LogP contribution < -0.4 is 5.32 Å². The predicted molar refractivity (Wildman–Crippen MR) is 73.8 cm³/mol. The minimum atomic E-state index is -0.0368. The Morgan fingerprint density at radius 1 is 1.32 bits per heavy atom. The van der Waals surface area contributed by atoms with Crippen molar-refractivity contribution in [3.63, 3.8) is 0 Å². The van der Waals surface area contributed by atoms with Crippen molar-refractivity contribution >= 4 is 5.97 Å². The highest BCUT2D eigenvalue weighted by Gasteiger charge is 2.33. The average Bonchev–Trinajstić information content (AvgIpc) is 2.85. The summed E-state index contributed by atoms with van der Waals surface area (Å²) in [6, 6.07) is 8.58. The third kappa shape index (κ3) is 2.52. The number of benzene rings is 1. The molecule has 3 heteroatoms. The summed E-state index contributed by atoms with van der Waals surface area (Å²) in [6.45, 7) is 2.98. The van der Waals surface area contributed by atoms with Gasteiger partial charge in [0.15, 0.2) is 0 Å². The molecular formula is C16H21NO2. The van der Waals surface area contributed by atoms with Crippen molar-refractivity contribution in [2.45, 2.75) is 44.8 Å². The Balaban J connectivity index is 1.72. The molecule has 1 aliphatic heterocycles. The van der Waals surface area contributed by atoms with Crippen LogP contribution in [0.2, 0.25) is 0 Å². The van der Waals surface area contributed by atoms with Crippen LogP contribution in [-0.4, -0.2) is 18.6 Å². The monoisotopic (exact) mass is 259 g/mol. The van der Waals surface area contributed by atoms with Crippen LogP contribution in [0.1, 0.15) is 43.4 Å². The van der Waals surface area contributed by atoms with Crippen LogP contribution in [-0.2, 0) is 16.0 Å². The van der Waals surface area contributed by atoms with Gasteiger partial charge in [0, 0.05) is 6.04 Å². The van der Waals surface area contributed by atoms with Crippen LogP contribution in [0.3, 0.4) is 0 Å². The third-order valence-electron chi connectivity index (χ3n) is 4.40. The van der Waals surface area contributed by atoms with E-state index in [0.29, 0.717) is 0 Å². The quantitative estimate of drug-likeness (QED) is 0.830. The molecule has 0 spiro atoms. The highest BCUT2D eigenvalue weighted by atomic mass is 16.5. The maximum Gasteiger partial charge on any atom is 0.311 e. The Morgan fingerprint density at radius 2 is 2.16 bits per heavy atom. The lowest BCUT2D eigenvalue weighted by atomic mass is 9.89. The number of carbonyl (C=O) groups excluding carboxylic acids is 1. The van der Waals surface area contributed by atoms with Crippen LogP contribution in [0.15, 0.2) is 24.3 Å². The van der Waals surface area contributed by atoms with Gasteiger partial charge in [-0.15, -0.1) is 0 Å². The number of fused-ring (bicyclic) bond motifs is 1. The summed E-state index contributed by atoms with van der Waals surface area (Å²) in [5.74, 6) is -0.00621. The molecule has 1 saturated heterocycles. The van der Waals surface area contributed by atoms with Crippen molar-refractivity contribution in [2.24, 2.45) is 5.92 Å². The van der Waals surface area contributed by atoms with Crippen LogP contribution in [0, 0.1) is 5.92 Å². The van der Waals surface area contributed by atoms with Crippen molar-refractivity contribution in [3.8, 4) is 0 Å². The number of ether oxygens (including phenoxy) is 1. The summed E-state index contributed by atoms with van der Waals surface area (Å²) in [5, 5.41) is 3.31. The molecule has 1 aromatic rings. The molecule has 0 aromatic heterocycles. The number of aryl methyl sites for hydroxylation is 1. The summed E-state index contributed by atoms with van der Waals surface area (Å²) in [7, 11) is 0. The van der Waals surface area contributed by atoms with Crippen molar-refractivity contribution < 1.29 is 9.53 Å². The molecule has 1 aliphatic carbocycles. The maximum absolute atomic E-state index is 12.3. The van der Waals surface area contributed by atoms with E-state index in [2.05, 4.69) is 30.4 Å². The largest absolute Gasteiger partial charge is 0.457 e. The van der Waals surface area contributed by atoms with E-state index in [1.165, 1.54) is 11.1 Å². The first-order valence-corrected chi connectivity index (χ1v) is 7.27. The molecule has 1 aromatic carbocycles. The molecule has 1 fully saturated rings. The lowest BCUT2D eigenvalue weighted by Gasteiger charge is -2.27. The zero-order valence-corrected chi connectivity index (χ0v) is 11.4. The fraction of sp³-hybridized carbons (Fsp3) is 0.562. The van der Waals surface area contributed by atoms with E-state index in [9.17, 15) is 4.79 Å². The molecule has 0 saturated carbocycles. The number of nitrogens with one attached hydrogen (secondary N) is 1. The van der Waals surface area contributed by atoms with Crippen LogP contribution >= 0.6 is 0 Å². The molecule has 102 valence electrons. The molecule has 0 bridgehead atoms. The molecule has 3 nitrogen and oxygen atoms in total. The normalized spacial score (nSPS) is 29.8. The molecule has 1 N–H and O–H groups in total. The molecule has 2 aliphatic rings. The van der Waals surface area contributed by atoms with Gasteiger partial charge < -0.3 is 10.1 Å². The molecule has 3 unspecified atom stereocenters. The van der Waals surface area contributed by atoms with Crippen molar-refractivity contribution in [1.82, 2.24) is 5.32 Å². The Hall–Kier alpha value is -1.35. The third-order valence-corrected chi connectivity index (χ3v) is 4.40. The molecular weight excluding hydrogens is 238 g/mol. The van der Waals surface area contributed by atoms with Gasteiger partial charge in [0.25, 0.3) is 0 Å². The lowest BCUT2D eigenvalue weighted by molar-refractivity contribution is -0.155. The smallest absolute Gasteiger partial charge is 0.311 e. The molecule has 0 radical (unpaired) electrons. The number of esters is 1. The lowest BCUT2D eigenvalue weighted by Crippen LogP contribution is -2.30. The summed E-state index contributed by atoms with van der Waals surface area (Å²) in [4.78, 5) is 12.3. The Labute approximate surface area is 114 Å². The molecule has 0 amide bonds. The Morgan fingerprint density at radius 3 is 2.95 bits per heavy atom. The van der Waals surface area contributed by atoms with Gasteiger partial charge in [-0.05, 0) is 50.3 Å². The molecule has 19 heavy (non-hydrogen) atoms. The fourth-order valence-electron chi connectivity index (χ4n) is 3.24. The number of hydrogen-bond acceptors (Lipinski definition) is 3. The first-order chi connectivity index (χ1) is 9.25. The van der Waals surface area contributed by atoms with Gasteiger partial charge in [-0.1, -0.05) is 24.3 Å². The second-order valence-corrected chi connectivity index (χ2v) is 5.65. The van der Waals surface area contributed by atoms with Gasteiger partial charge in [-0.3, -0.25) is 4.79 Å². The van der Waals surface area contributed by atoms with Crippen LogP contribution in [0.4, 0.5) is 0 Å². The Bertz CT molecular complexity index is 472. The number of rotatable bonds is 2. The van der Waals surface area contributed by atoms with Gasteiger partial charge in [0.1, 0.15) is 6.10 Å². The van der Waals surface area contributed by atoms with Crippen LogP contribution in [0.25, 0.3) is 0 Å². The second-order valence-electron chi connectivity index (χ2n) is 5.65. The van der Waals surface area contributed by atoms with E-state index in [1.54, 1.807) is 0 Å². The minimum absolute atomic E-state index is 0.0223. The van der Waals surface area contributed by atoms with E-state index < -0.39 is 0 Å². The first-order valence-electron chi connectivity index (χ1n) is 7.27. The highest BCUT2D eigenvalue weighted by molar-refractivity contribution is 5.74. The molecule has 3 atom stereocenters. The van der Waals surface area contributed by atoms with Gasteiger partial charge in [-0.25, -0.2) is 0 Å². The molecule has 3 rings (SSSR count). The summed E-state index contributed by atoms with van der Waals surface area (Å²) in [6.07, 6.45) is 4.02. The topological polar surface area (TPSA) is 38.3 Å². The second kappa shape index (κ2) is 5.33. The highest BCUT2D eigenvalue weighted by Crippen LogP contribution is 2.33. The van der Waals surface area contributed by atoms with Gasteiger partial charge in [0.05, 0.1) is 5.92 Å². The number of hydrogen-bond donors (Lipinski definition) is 1. The minimum Gasteiger partial charge on any atom is -0.457 e. The van der Waals surface area contributed by atoms with Crippen molar-refractivity contribution in [3.05, 3.63) is 35.4 Å². The van der Waals surface area contributed by atoms with Gasteiger partial charge in [-0.2, -0.15) is 0 Å². The van der Waals surface area contributed by atoms with E-state index >= 15 is 0 Å². The van der Waals surface area contributed by atoms with Crippen LogP contribution in [0.5, 0.6) is 0 Å². The fourth-order valence-corrected chi connectivity index (χ4v) is 3.24. The van der Waals surface area contributed by atoms with E-state index in [4.69, 9.17) is 4.74 Å². The van der Waals surface area contributed by atoms with E-state index in [1.807, 2.05) is 6.07 Å². The summed E-state index contributed by atoms with van der Waals surface area (Å²) < 4.78 is 5.79. The summed E-state index contributed by atoms with van der Waals surface area (Å²) in [5.41, 5.74) is 2.55. The van der Waals surface area contributed by atoms with E-state index in [0.717, 1.165) is 32.2 Å². The van der Waals surface area contributed by atoms with Gasteiger partial charge in [0.2, 0.25) is 0 Å². The van der Waals surface area contributed by atoms with Crippen molar-refractivity contribution in [2.75, 3.05) is 6.54 Å². The first kappa shape index (κ1) is 12.7. The van der Waals surface area contributed by atoms with Gasteiger partial charge >= 0.3 is 5.97 Å². The molecule has 1 heterocycles. The zero-order chi connectivity index (χ0) is 13.2. The predicted octanol–water partition coefficient (Wildman–Crippen LogP) is 2.61. The standard InChI is InChI=1S/C16H21NO2/c1-11-13(9-10-17-11)16(18)19-15-8-4-6-12-5-2-3-7-14(12)15/h2-3,5,7,11,13,15,17H,4,6,8-10H2,1H3. The van der Waals surface area contributed by atoms with Crippen molar-refractivity contribution in [1.29, 1.82) is 0 Å². The zero-order valence-electron chi connectivity index (χ0n) is 11.4. The van der Waals surface area contributed by atoms with E-state index in [-0.39, 0.29) is 24.0 Å². The Kier molecular flexibility index (Phi) is 3.56. The average molecular weight is 259 g/mol. The number of carbonyl (C=O) groups is 1. The summed E-state index contributed by atoms with van der Waals surface area (Å²) >= 11 is 0. The SMILES string of the molecule is CC1NCCC1C(=O)OC1CCCc2ccccc21.